The molecule has 3 atom stereocenters. The van der Waals surface area contributed by atoms with Crippen LogP contribution in [0, 0.1) is 0 Å². The fourth-order valence-electron chi connectivity index (χ4n) is 2.12. The van der Waals surface area contributed by atoms with Gasteiger partial charge in [0.25, 0.3) is 0 Å². The van der Waals surface area contributed by atoms with Gasteiger partial charge in [-0.05, 0) is 19.4 Å². The quantitative estimate of drug-likeness (QED) is 0.866. The molecule has 0 spiro atoms. The van der Waals surface area contributed by atoms with Gasteiger partial charge in [0.1, 0.15) is 0 Å². The Labute approximate surface area is 107 Å². The number of ether oxygens (including phenoxy) is 1. The molecule has 1 aliphatic rings. The third-order valence-electron chi connectivity index (χ3n) is 3.21. The Bertz CT molecular complexity index is 372. The molecule has 3 nitrogen and oxygen atoms in total. The molecule has 4 heteroatoms. The minimum Gasteiger partial charge on any atom is -0.387 e. The third kappa shape index (κ3) is 3.19. The molecular formula is C13H18ClNO2. The number of hydrogen-bond acceptors (Lipinski definition) is 3. The zero-order chi connectivity index (χ0) is 12.3. The summed E-state index contributed by atoms with van der Waals surface area (Å²) in [4.78, 5) is 0. The van der Waals surface area contributed by atoms with E-state index in [1.807, 2.05) is 25.1 Å². The molecule has 1 aromatic carbocycles. The van der Waals surface area contributed by atoms with E-state index < -0.39 is 6.10 Å². The van der Waals surface area contributed by atoms with Crippen LogP contribution < -0.4 is 5.32 Å². The van der Waals surface area contributed by atoms with Crippen LogP contribution in [0.2, 0.25) is 5.02 Å². The lowest BCUT2D eigenvalue weighted by Crippen LogP contribution is -2.37. The molecule has 0 aliphatic carbocycles. The van der Waals surface area contributed by atoms with Crippen molar-refractivity contribution in [2.45, 2.75) is 31.6 Å². The van der Waals surface area contributed by atoms with Crippen LogP contribution in [-0.4, -0.2) is 30.4 Å². The highest BCUT2D eigenvalue weighted by Gasteiger charge is 2.24. The predicted octanol–water partition coefficient (Wildman–Crippen LogP) is 2.14. The van der Waals surface area contributed by atoms with Gasteiger partial charge in [-0.2, -0.15) is 0 Å². The maximum atomic E-state index is 10.1. The lowest BCUT2D eigenvalue weighted by atomic mass is 10.1. The van der Waals surface area contributed by atoms with Gasteiger partial charge in [0.15, 0.2) is 0 Å². The summed E-state index contributed by atoms with van der Waals surface area (Å²) >= 11 is 6.03. The summed E-state index contributed by atoms with van der Waals surface area (Å²) in [5.74, 6) is 0. The standard InChI is InChI=1S/C13H18ClNO2/c1-9-12(6-7-17-9)15-8-13(16)10-4-2-3-5-11(10)14/h2-5,9,12-13,15-16H,6-8H2,1H3. The SMILES string of the molecule is CC1OCCC1NCC(O)c1ccccc1Cl. The van der Waals surface area contributed by atoms with Crippen LogP contribution in [0.3, 0.4) is 0 Å². The van der Waals surface area contributed by atoms with E-state index in [4.69, 9.17) is 16.3 Å². The molecule has 1 fully saturated rings. The lowest BCUT2D eigenvalue weighted by molar-refractivity contribution is 0.107. The number of aliphatic hydroxyl groups excluding tert-OH is 1. The van der Waals surface area contributed by atoms with Crippen molar-refractivity contribution in [3.8, 4) is 0 Å². The van der Waals surface area contributed by atoms with Crippen molar-refractivity contribution in [1.82, 2.24) is 5.32 Å². The van der Waals surface area contributed by atoms with Gasteiger partial charge in [-0.3, -0.25) is 0 Å². The number of benzene rings is 1. The highest BCUT2D eigenvalue weighted by Crippen LogP contribution is 2.22. The summed E-state index contributed by atoms with van der Waals surface area (Å²) in [5, 5.41) is 14.0. The van der Waals surface area contributed by atoms with Gasteiger partial charge in [-0.1, -0.05) is 29.8 Å². The summed E-state index contributed by atoms with van der Waals surface area (Å²) in [6.07, 6.45) is 0.640. The van der Waals surface area contributed by atoms with Gasteiger partial charge in [0.05, 0.1) is 12.2 Å². The molecule has 2 rings (SSSR count). The number of aliphatic hydroxyl groups is 1. The van der Waals surface area contributed by atoms with Gasteiger partial charge in [0.2, 0.25) is 0 Å². The van der Waals surface area contributed by atoms with E-state index in [2.05, 4.69) is 5.32 Å². The van der Waals surface area contributed by atoms with Crippen molar-refractivity contribution in [3.63, 3.8) is 0 Å². The van der Waals surface area contributed by atoms with Crippen LogP contribution in [-0.2, 0) is 4.74 Å². The van der Waals surface area contributed by atoms with E-state index in [-0.39, 0.29) is 6.10 Å². The van der Waals surface area contributed by atoms with E-state index in [0.717, 1.165) is 18.6 Å². The number of halogens is 1. The summed E-state index contributed by atoms with van der Waals surface area (Å²) in [7, 11) is 0. The summed E-state index contributed by atoms with van der Waals surface area (Å²) in [6.45, 7) is 3.34. The van der Waals surface area contributed by atoms with Gasteiger partial charge < -0.3 is 15.2 Å². The van der Waals surface area contributed by atoms with Gasteiger partial charge >= 0.3 is 0 Å². The van der Waals surface area contributed by atoms with E-state index in [1.54, 1.807) is 6.07 Å². The molecule has 2 N–H and O–H groups in total. The molecular weight excluding hydrogens is 238 g/mol. The zero-order valence-corrected chi connectivity index (χ0v) is 10.7. The smallest absolute Gasteiger partial charge is 0.0928 e. The second-order valence-corrected chi connectivity index (χ2v) is 4.82. The molecule has 0 radical (unpaired) electrons. The van der Waals surface area contributed by atoms with Crippen LogP contribution >= 0.6 is 11.6 Å². The van der Waals surface area contributed by atoms with E-state index in [9.17, 15) is 5.11 Å². The van der Waals surface area contributed by atoms with Gasteiger partial charge in [-0.15, -0.1) is 0 Å². The predicted molar refractivity (Wildman–Crippen MR) is 68.2 cm³/mol. The number of rotatable bonds is 4. The molecule has 1 heterocycles. The first kappa shape index (κ1) is 12.8. The van der Waals surface area contributed by atoms with E-state index in [1.165, 1.54) is 0 Å². The average Bonchev–Trinajstić information content (AvgIpc) is 2.72. The molecule has 0 amide bonds. The van der Waals surface area contributed by atoms with Crippen LogP contribution in [0.15, 0.2) is 24.3 Å². The van der Waals surface area contributed by atoms with Gasteiger partial charge in [-0.25, -0.2) is 0 Å². The van der Waals surface area contributed by atoms with Gasteiger partial charge in [0, 0.05) is 29.8 Å². The van der Waals surface area contributed by atoms with Crippen molar-refractivity contribution >= 4 is 11.6 Å². The van der Waals surface area contributed by atoms with Crippen LogP contribution in [0.1, 0.15) is 25.0 Å². The molecule has 0 bridgehead atoms. The van der Waals surface area contributed by atoms with E-state index in [0.29, 0.717) is 17.6 Å². The van der Waals surface area contributed by atoms with Crippen LogP contribution in [0.5, 0.6) is 0 Å². The summed E-state index contributed by atoms with van der Waals surface area (Å²) in [6, 6.07) is 7.71. The largest absolute Gasteiger partial charge is 0.387 e. The van der Waals surface area contributed by atoms with Crippen molar-refractivity contribution in [2.75, 3.05) is 13.2 Å². The summed E-state index contributed by atoms with van der Waals surface area (Å²) < 4.78 is 5.46. The van der Waals surface area contributed by atoms with Crippen molar-refractivity contribution in [2.24, 2.45) is 0 Å². The molecule has 94 valence electrons. The minimum absolute atomic E-state index is 0.216. The topological polar surface area (TPSA) is 41.5 Å². The second-order valence-electron chi connectivity index (χ2n) is 4.42. The molecule has 1 aromatic rings. The Hall–Kier alpha value is -0.610. The first-order valence-corrected chi connectivity index (χ1v) is 6.33. The first-order chi connectivity index (χ1) is 8.18. The Kier molecular flexibility index (Phi) is 4.40. The molecule has 0 aromatic heterocycles. The fraction of sp³-hybridized carbons (Fsp3) is 0.538. The Morgan fingerprint density at radius 2 is 2.29 bits per heavy atom. The summed E-state index contributed by atoms with van der Waals surface area (Å²) in [5.41, 5.74) is 0.772. The Morgan fingerprint density at radius 1 is 1.53 bits per heavy atom. The van der Waals surface area contributed by atoms with E-state index >= 15 is 0 Å². The van der Waals surface area contributed by atoms with Crippen LogP contribution in [0.25, 0.3) is 0 Å². The first-order valence-electron chi connectivity index (χ1n) is 5.96. The van der Waals surface area contributed by atoms with Crippen molar-refractivity contribution in [3.05, 3.63) is 34.9 Å². The molecule has 1 saturated heterocycles. The maximum absolute atomic E-state index is 10.1. The second kappa shape index (κ2) is 5.83. The molecule has 1 aliphatic heterocycles. The third-order valence-corrected chi connectivity index (χ3v) is 3.56. The molecule has 17 heavy (non-hydrogen) atoms. The van der Waals surface area contributed by atoms with Crippen molar-refractivity contribution < 1.29 is 9.84 Å². The Balaban J connectivity index is 1.89. The average molecular weight is 256 g/mol. The lowest BCUT2D eigenvalue weighted by Gasteiger charge is -2.19. The maximum Gasteiger partial charge on any atom is 0.0928 e. The fourth-order valence-corrected chi connectivity index (χ4v) is 2.38. The molecule has 0 saturated carbocycles. The van der Waals surface area contributed by atoms with Crippen LogP contribution in [0.4, 0.5) is 0 Å². The zero-order valence-electron chi connectivity index (χ0n) is 9.90. The Morgan fingerprint density at radius 3 is 2.94 bits per heavy atom. The number of nitrogens with one attached hydrogen (secondary N) is 1. The highest BCUT2D eigenvalue weighted by atomic mass is 35.5. The number of hydrogen-bond donors (Lipinski definition) is 2. The normalized spacial score (nSPS) is 26.1. The highest BCUT2D eigenvalue weighted by molar-refractivity contribution is 6.31. The minimum atomic E-state index is -0.573. The van der Waals surface area contributed by atoms with Crippen molar-refractivity contribution in [1.29, 1.82) is 0 Å². The monoisotopic (exact) mass is 255 g/mol. The molecule has 3 unspecified atom stereocenters.